The zero-order valence-electron chi connectivity index (χ0n) is 11.4. The Morgan fingerprint density at radius 3 is 2.78 bits per heavy atom. The van der Waals surface area contributed by atoms with E-state index in [4.69, 9.17) is 0 Å². The predicted octanol–water partition coefficient (Wildman–Crippen LogP) is 3.25. The van der Waals surface area contributed by atoms with Crippen LogP contribution >= 0.6 is 0 Å². The molecular weight excluding hydrogens is 224 g/mol. The van der Waals surface area contributed by atoms with Crippen molar-refractivity contribution in [2.24, 2.45) is 0 Å². The molecule has 1 aromatic carbocycles. The average molecular weight is 246 g/mol. The first kappa shape index (κ1) is 12.9. The van der Waals surface area contributed by atoms with Crippen molar-refractivity contribution in [2.45, 2.75) is 45.7 Å². The molecule has 0 aromatic heterocycles. The second-order valence-electron chi connectivity index (χ2n) is 5.31. The van der Waals surface area contributed by atoms with E-state index >= 15 is 0 Å². The highest BCUT2D eigenvalue weighted by atomic mass is 16.2. The molecule has 0 bridgehead atoms. The monoisotopic (exact) mass is 246 g/mol. The lowest BCUT2D eigenvalue weighted by molar-refractivity contribution is 0.190. The first-order valence-electron chi connectivity index (χ1n) is 6.72. The summed E-state index contributed by atoms with van der Waals surface area (Å²) in [6.07, 6.45) is 2.15. The maximum atomic E-state index is 12.2. The Hall–Kier alpha value is -1.51. The van der Waals surface area contributed by atoms with Gasteiger partial charge in [-0.1, -0.05) is 24.3 Å². The van der Waals surface area contributed by atoms with Gasteiger partial charge in [0.05, 0.1) is 6.04 Å². The molecule has 18 heavy (non-hydrogen) atoms. The van der Waals surface area contributed by atoms with Crippen molar-refractivity contribution in [1.82, 2.24) is 10.2 Å². The molecule has 0 spiro atoms. The van der Waals surface area contributed by atoms with Crippen molar-refractivity contribution >= 4 is 6.03 Å². The highest BCUT2D eigenvalue weighted by Gasteiger charge is 2.30. The summed E-state index contributed by atoms with van der Waals surface area (Å²) in [5, 5.41) is 2.99. The van der Waals surface area contributed by atoms with Gasteiger partial charge >= 0.3 is 6.03 Å². The summed E-state index contributed by atoms with van der Waals surface area (Å²) in [5.74, 6) is 0. The van der Waals surface area contributed by atoms with E-state index in [1.165, 1.54) is 11.1 Å². The Balaban J connectivity index is 2.18. The van der Waals surface area contributed by atoms with Gasteiger partial charge in [0, 0.05) is 12.6 Å². The van der Waals surface area contributed by atoms with Crippen LogP contribution < -0.4 is 5.32 Å². The van der Waals surface area contributed by atoms with Gasteiger partial charge in [-0.2, -0.15) is 0 Å². The topological polar surface area (TPSA) is 32.3 Å². The molecule has 1 saturated heterocycles. The van der Waals surface area contributed by atoms with Crippen molar-refractivity contribution in [3.63, 3.8) is 0 Å². The number of nitrogens with zero attached hydrogens (tertiary/aromatic N) is 1. The van der Waals surface area contributed by atoms with Crippen LogP contribution in [-0.4, -0.2) is 23.5 Å². The number of amides is 2. The molecule has 1 aliphatic heterocycles. The van der Waals surface area contributed by atoms with Gasteiger partial charge in [0.1, 0.15) is 0 Å². The van der Waals surface area contributed by atoms with Gasteiger partial charge in [-0.3, -0.25) is 0 Å². The third-order valence-electron chi connectivity index (χ3n) is 3.47. The predicted molar refractivity (Wildman–Crippen MR) is 73.5 cm³/mol. The summed E-state index contributed by atoms with van der Waals surface area (Å²) in [5.41, 5.74) is 2.56. The molecule has 2 rings (SSSR count). The van der Waals surface area contributed by atoms with E-state index in [0.29, 0.717) is 0 Å². The van der Waals surface area contributed by atoms with E-state index < -0.39 is 0 Å². The second-order valence-corrected chi connectivity index (χ2v) is 5.31. The Morgan fingerprint density at radius 2 is 2.11 bits per heavy atom. The summed E-state index contributed by atoms with van der Waals surface area (Å²) in [4.78, 5) is 14.1. The first-order valence-corrected chi connectivity index (χ1v) is 6.72. The van der Waals surface area contributed by atoms with Gasteiger partial charge in [0.15, 0.2) is 0 Å². The largest absolute Gasteiger partial charge is 0.336 e. The summed E-state index contributed by atoms with van der Waals surface area (Å²) < 4.78 is 0. The molecule has 2 amide bonds. The van der Waals surface area contributed by atoms with Crippen LogP contribution in [-0.2, 0) is 0 Å². The van der Waals surface area contributed by atoms with E-state index in [0.717, 1.165) is 19.4 Å². The Bertz CT molecular complexity index is 428. The highest BCUT2D eigenvalue weighted by Crippen LogP contribution is 2.33. The van der Waals surface area contributed by atoms with Crippen molar-refractivity contribution in [3.05, 3.63) is 35.4 Å². The van der Waals surface area contributed by atoms with Crippen molar-refractivity contribution in [2.75, 3.05) is 6.54 Å². The van der Waals surface area contributed by atoms with Crippen LogP contribution in [0.1, 0.15) is 43.9 Å². The van der Waals surface area contributed by atoms with E-state index in [9.17, 15) is 4.79 Å². The fraction of sp³-hybridized carbons (Fsp3) is 0.533. The number of likely N-dealkylation sites (tertiary alicyclic amines) is 1. The molecule has 3 heteroatoms. The molecular formula is C15H22N2O. The number of rotatable bonds is 2. The molecule has 98 valence electrons. The number of hydrogen-bond donors (Lipinski definition) is 1. The van der Waals surface area contributed by atoms with Crippen LogP contribution in [0.15, 0.2) is 24.3 Å². The van der Waals surface area contributed by atoms with Crippen LogP contribution in [0.25, 0.3) is 0 Å². The number of hydrogen-bond acceptors (Lipinski definition) is 1. The van der Waals surface area contributed by atoms with Gasteiger partial charge in [0.2, 0.25) is 0 Å². The smallest absolute Gasteiger partial charge is 0.318 e. The number of urea groups is 1. The molecule has 0 saturated carbocycles. The maximum absolute atomic E-state index is 12.2. The fourth-order valence-electron chi connectivity index (χ4n) is 2.62. The second kappa shape index (κ2) is 5.42. The molecule has 0 radical (unpaired) electrons. The zero-order chi connectivity index (χ0) is 13.1. The highest BCUT2D eigenvalue weighted by molar-refractivity contribution is 5.75. The Morgan fingerprint density at radius 1 is 1.39 bits per heavy atom. The maximum Gasteiger partial charge on any atom is 0.318 e. The van der Waals surface area contributed by atoms with Crippen LogP contribution in [0.3, 0.4) is 0 Å². The molecule has 1 aliphatic rings. The van der Waals surface area contributed by atoms with Crippen molar-refractivity contribution in [3.8, 4) is 0 Å². The molecule has 0 aliphatic carbocycles. The zero-order valence-corrected chi connectivity index (χ0v) is 11.4. The number of carbonyl (C=O) groups is 1. The van der Waals surface area contributed by atoms with E-state index in [2.05, 4.69) is 30.4 Å². The summed E-state index contributed by atoms with van der Waals surface area (Å²) >= 11 is 0. The lowest BCUT2D eigenvalue weighted by Gasteiger charge is -2.27. The quantitative estimate of drug-likeness (QED) is 0.853. The van der Waals surface area contributed by atoms with Crippen LogP contribution in [0.4, 0.5) is 4.79 Å². The molecule has 1 heterocycles. The molecule has 3 nitrogen and oxygen atoms in total. The minimum atomic E-state index is 0.0655. The molecule has 1 N–H and O–H groups in total. The lowest BCUT2D eigenvalue weighted by Crippen LogP contribution is -2.42. The third kappa shape index (κ3) is 2.66. The minimum absolute atomic E-state index is 0.0655. The molecule has 1 atom stereocenters. The summed E-state index contributed by atoms with van der Waals surface area (Å²) in [6, 6.07) is 8.86. The van der Waals surface area contributed by atoms with Gasteiger partial charge in [-0.25, -0.2) is 4.79 Å². The van der Waals surface area contributed by atoms with E-state index in [-0.39, 0.29) is 18.1 Å². The van der Waals surface area contributed by atoms with E-state index in [1.807, 2.05) is 24.8 Å². The van der Waals surface area contributed by atoms with Gasteiger partial charge < -0.3 is 10.2 Å². The number of carbonyl (C=O) groups excluding carboxylic acids is 1. The number of nitrogens with one attached hydrogen (secondary N) is 1. The summed E-state index contributed by atoms with van der Waals surface area (Å²) in [7, 11) is 0. The van der Waals surface area contributed by atoms with E-state index in [1.54, 1.807) is 0 Å². The molecule has 1 aromatic rings. The van der Waals surface area contributed by atoms with Crippen molar-refractivity contribution in [1.29, 1.82) is 0 Å². The van der Waals surface area contributed by atoms with Gasteiger partial charge in [-0.05, 0) is 44.7 Å². The first-order chi connectivity index (χ1) is 8.59. The lowest BCUT2D eigenvalue weighted by atomic mass is 9.99. The number of aryl methyl sites for hydroxylation is 1. The van der Waals surface area contributed by atoms with Crippen LogP contribution in [0.2, 0.25) is 0 Å². The van der Waals surface area contributed by atoms with Crippen LogP contribution in [0.5, 0.6) is 0 Å². The van der Waals surface area contributed by atoms with Gasteiger partial charge in [-0.15, -0.1) is 0 Å². The third-order valence-corrected chi connectivity index (χ3v) is 3.47. The number of benzene rings is 1. The average Bonchev–Trinajstić information content (AvgIpc) is 2.77. The fourth-order valence-corrected chi connectivity index (χ4v) is 2.62. The molecule has 0 unspecified atom stereocenters. The van der Waals surface area contributed by atoms with Crippen molar-refractivity contribution < 1.29 is 4.79 Å². The Labute approximate surface area is 109 Å². The van der Waals surface area contributed by atoms with Gasteiger partial charge in [0.25, 0.3) is 0 Å². The Kier molecular flexibility index (Phi) is 3.90. The SMILES string of the molecule is Cc1ccccc1[C@@H]1CCCN1C(=O)NC(C)C. The normalized spacial score (nSPS) is 19.3. The summed E-state index contributed by atoms with van der Waals surface area (Å²) in [6.45, 7) is 6.97. The standard InChI is InChI=1S/C15H22N2O/c1-11(2)16-15(18)17-10-6-9-14(17)13-8-5-4-7-12(13)3/h4-5,7-8,11,14H,6,9-10H2,1-3H3,(H,16,18)/t14-/m0/s1. The minimum Gasteiger partial charge on any atom is -0.336 e. The van der Waals surface area contributed by atoms with Crippen LogP contribution in [0, 0.1) is 6.92 Å². The molecule has 1 fully saturated rings.